The molecule has 0 spiro atoms. The summed E-state index contributed by atoms with van der Waals surface area (Å²) in [7, 11) is 0. The van der Waals surface area contributed by atoms with E-state index in [1.807, 2.05) is 19.1 Å². The summed E-state index contributed by atoms with van der Waals surface area (Å²) in [5, 5.41) is 5.68. The molecule has 0 heterocycles. The van der Waals surface area contributed by atoms with Crippen LogP contribution in [-0.2, 0) is 9.59 Å². The number of carbonyl (C=O) groups excluding carboxylic acids is 2. The molecule has 0 aliphatic heterocycles. The molecule has 3 rings (SSSR count). The highest BCUT2D eigenvalue weighted by atomic mass is 16.5. The third-order valence-electron chi connectivity index (χ3n) is 4.62. The zero-order valence-electron chi connectivity index (χ0n) is 16.0. The first kappa shape index (κ1) is 19.0. The molecule has 0 aromatic heterocycles. The molecular formula is C22H26N2O3. The number of aryl methyl sites for hydroxylation is 1. The van der Waals surface area contributed by atoms with E-state index in [0.717, 1.165) is 29.8 Å². The lowest BCUT2D eigenvalue weighted by Gasteiger charge is -2.13. The first-order chi connectivity index (χ1) is 12.9. The molecule has 1 saturated carbocycles. The topological polar surface area (TPSA) is 67.4 Å². The van der Waals surface area contributed by atoms with Gasteiger partial charge in [-0.1, -0.05) is 26.0 Å². The van der Waals surface area contributed by atoms with Crippen molar-refractivity contribution in [3.8, 4) is 5.75 Å². The molecule has 142 valence electrons. The van der Waals surface area contributed by atoms with E-state index < -0.39 is 0 Å². The second-order valence-corrected chi connectivity index (χ2v) is 7.36. The molecule has 1 fully saturated rings. The number of amides is 2. The van der Waals surface area contributed by atoms with Crippen LogP contribution in [0.3, 0.4) is 0 Å². The molecule has 0 bridgehead atoms. The van der Waals surface area contributed by atoms with Gasteiger partial charge in [-0.05, 0) is 67.1 Å². The second-order valence-electron chi connectivity index (χ2n) is 7.36. The van der Waals surface area contributed by atoms with Gasteiger partial charge in [0.1, 0.15) is 5.75 Å². The minimum absolute atomic E-state index is 0.0530. The Morgan fingerprint density at radius 3 is 2.26 bits per heavy atom. The van der Waals surface area contributed by atoms with Gasteiger partial charge in [0.25, 0.3) is 5.91 Å². The average molecular weight is 366 g/mol. The summed E-state index contributed by atoms with van der Waals surface area (Å²) in [6.07, 6.45) is 1.94. The number of ether oxygens (including phenoxy) is 1. The molecule has 1 aliphatic rings. The fourth-order valence-electron chi connectivity index (χ4n) is 2.70. The molecular weight excluding hydrogens is 340 g/mol. The van der Waals surface area contributed by atoms with Gasteiger partial charge in [0.15, 0.2) is 6.61 Å². The van der Waals surface area contributed by atoms with Gasteiger partial charge < -0.3 is 15.4 Å². The molecule has 5 heteroatoms. The van der Waals surface area contributed by atoms with Crippen LogP contribution in [-0.4, -0.2) is 18.4 Å². The maximum atomic E-state index is 12.2. The van der Waals surface area contributed by atoms with Gasteiger partial charge in [0, 0.05) is 17.3 Å². The Morgan fingerprint density at radius 1 is 1.04 bits per heavy atom. The summed E-state index contributed by atoms with van der Waals surface area (Å²) in [6, 6.07) is 13.2. The molecule has 27 heavy (non-hydrogen) atoms. The predicted molar refractivity (Wildman–Crippen MR) is 107 cm³/mol. The van der Waals surface area contributed by atoms with Crippen molar-refractivity contribution in [2.45, 2.75) is 39.5 Å². The zero-order chi connectivity index (χ0) is 19.4. The third kappa shape index (κ3) is 5.33. The van der Waals surface area contributed by atoms with Crippen molar-refractivity contribution >= 4 is 23.2 Å². The van der Waals surface area contributed by atoms with Gasteiger partial charge in [-0.2, -0.15) is 0 Å². The standard InChI is InChI=1S/C22H26N2O3/c1-14(2)17-5-4-15(3)20(12-17)27-13-21(25)23-18-8-10-19(11-9-18)24-22(26)16-6-7-16/h4-5,8-12,14,16H,6-7,13H2,1-3H3,(H,23,25)(H,24,26). The summed E-state index contributed by atoms with van der Waals surface area (Å²) in [5.41, 5.74) is 3.59. The summed E-state index contributed by atoms with van der Waals surface area (Å²) in [5.74, 6) is 1.15. The maximum absolute atomic E-state index is 12.2. The highest BCUT2D eigenvalue weighted by Crippen LogP contribution is 2.30. The van der Waals surface area contributed by atoms with Gasteiger partial charge in [-0.25, -0.2) is 0 Å². The molecule has 2 aromatic carbocycles. The Morgan fingerprint density at radius 2 is 1.67 bits per heavy atom. The number of benzene rings is 2. The van der Waals surface area contributed by atoms with E-state index in [2.05, 4.69) is 30.5 Å². The average Bonchev–Trinajstić information content (AvgIpc) is 3.47. The molecule has 0 saturated heterocycles. The largest absolute Gasteiger partial charge is 0.483 e. The van der Waals surface area contributed by atoms with Gasteiger partial charge in [0.05, 0.1) is 0 Å². The predicted octanol–water partition coefficient (Wildman–Crippen LogP) is 4.48. The van der Waals surface area contributed by atoms with Crippen molar-refractivity contribution in [2.75, 3.05) is 17.2 Å². The van der Waals surface area contributed by atoms with Gasteiger partial charge in [-0.15, -0.1) is 0 Å². The fourth-order valence-corrected chi connectivity index (χ4v) is 2.70. The molecule has 2 amide bonds. The summed E-state index contributed by atoms with van der Waals surface area (Å²) < 4.78 is 5.70. The monoisotopic (exact) mass is 366 g/mol. The van der Waals surface area contributed by atoms with Gasteiger partial charge in [-0.3, -0.25) is 9.59 Å². The molecule has 2 aromatic rings. The van der Waals surface area contributed by atoms with Gasteiger partial charge >= 0.3 is 0 Å². The summed E-state index contributed by atoms with van der Waals surface area (Å²) in [4.78, 5) is 23.9. The van der Waals surface area contributed by atoms with Crippen LogP contribution in [0.15, 0.2) is 42.5 Å². The number of anilines is 2. The molecule has 0 atom stereocenters. The zero-order valence-corrected chi connectivity index (χ0v) is 16.0. The van der Waals surface area contributed by atoms with Crippen LogP contribution >= 0.6 is 0 Å². The van der Waals surface area contributed by atoms with Crippen LogP contribution < -0.4 is 15.4 Å². The molecule has 0 radical (unpaired) electrons. The number of carbonyl (C=O) groups is 2. The first-order valence-electron chi connectivity index (χ1n) is 9.36. The number of rotatable bonds is 7. The Labute approximate surface area is 160 Å². The van der Waals surface area contributed by atoms with Crippen molar-refractivity contribution in [1.82, 2.24) is 0 Å². The maximum Gasteiger partial charge on any atom is 0.262 e. The minimum Gasteiger partial charge on any atom is -0.483 e. The van der Waals surface area contributed by atoms with E-state index in [1.165, 1.54) is 5.56 Å². The molecule has 5 nitrogen and oxygen atoms in total. The van der Waals surface area contributed by atoms with Crippen LogP contribution in [0.2, 0.25) is 0 Å². The van der Waals surface area contributed by atoms with E-state index in [-0.39, 0.29) is 24.3 Å². The molecule has 0 unspecified atom stereocenters. The van der Waals surface area contributed by atoms with Crippen molar-refractivity contribution in [1.29, 1.82) is 0 Å². The van der Waals surface area contributed by atoms with Crippen LogP contribution in [0.25, 0.3) is 0 Å². The van der Waals surface area contributed by atoms with Crippen LogP contribution in [0.1, 0.15) is 43.7 Å². The van der Waals surface area contributed by atoms with Crippen molar-refractivity contribution in [2.24, 2.45) is 5.92 Å². The number of hydrogen-bond donors (Lipinski definition) is 2. The van der Waals surface area contributed by atoms with Crippen LogP contribution in [0.4, 0.5) is 11.4 Å². The SMILES string of the molecule is Cc1ccc(C(C)C)cc1OCC(=O)Nc1ccc(NC(=O)C2CC2)cc1. The van der Waals surface area contributed by atoms with E-state index in [1.54, 1.807) is 24.3 Å². The third-order valence-corrected chi connectivity index (χ3v) is 4.62. The number of hydrogen-bond acceptors (Lipinski definition) is 3. The lowest BCUT2D eigenvalue weighted by Crippen LogP contribution is -2.20. The lowest BCUT2D eigenvalue weighted by atomic mass is 10.0. The van der Waals surface area contributed by atoms with Crippen molar-refractivity contribution < 1.29 is 14.3 Å². The van der Waals surface area contributed by atoms with Crippen molar-refractivity contribution in [3.63, 3.8) is 0 Å². The second kappa shape index (κ2) is 8.25. The summed E-state index contributed by atoms with van der Waals surface area (Å²) >= 11 is 0. The Bertz CT molecular complexity index is 824. The van der Waals surface area contributed by atoms with E-state index in [0.29, 0.717) is 11.6 Å². The quantitative estimate of drug-likeness (QED) is 0.759. The van der Waals surface area contributed by atoms with Crippen molar-refractivity contribution in [3.05, 3.63) is 53.6 Å². The highest BCUT2D eigenvalue weighted by Gasteiger charge is 2.29. The highest BCUT2D eigenvalue weighted by molar-refractivity contribution is 5.95. The Hall–Kier alpha value is -2.82. The molecule has 1 aliphatic carbocycles. The smallest absolute Gasteiger partial charge is 0.262 e. The first-order valence-corrected chi connectivity index (χ1v) is 9.36. The minimum atomic E-state index is -0.223. The summed E-state index contributed by atoms with van der Waals surface area (Å²) in [6.45, 7) is 6.16. The van der Waals surface area contributed by atoms with Gasteiger partial charge in [0.2, 0.25) is 5.91 Å². The normalized spacial score (nSPS) is 13.3. The van der Waals surface area contributed by atoms with E-state index in [4.69, 9.17) is 4.74 Å². The Kier molecular flexibility index (Phi) is 5.79. The number of nitrogens with one attached hydrogen (secondary N) is 2. The molecule has 2 N–H and O–H groups in total. The van der Waals surface area contributed by atoms with Crippen LogP contribution in [0, 0.1) is 12.8 Å². The lowest BCUT2D eigenvalue weighted by molar-refractivity contribution is -0.118. The van der Waals surface area contributed by atoms with Crippen LogP contribution in [0.5, 0.6) is 5.75 Å². The Balaban J connectivity index is 1.52. The van der Waals surface area contributed by atoms with E-state index >= 15 is 0 Å². The fraction of sp³-hybridized carbons (Fsp3) is 0.364. The van der Waals surface area contributed by atoms with E-state index in [9.17, 15) is 9.59 Å².